The predicted octanol–water partition coefficient (Wildman–Crippen LogP) is 0.452. The summed E-state index contributed by atoms with van der Waals surface area (Å²) in [7, 11) is 1.64. The van der Waals surface area contributed by atoms with Gasteiger partial charge in [0.25, 0.3) is 0 Å². The molecule has 0 radical (unpaired) electrons. The highest BCUT2D eigenvalue weighted by atomic mass is 16.6. The zero-order chi connectivity index (χ0) is 12.2. The minimum absolute atomic E-state index is 0.151. The van der Waals surface area contributed by atoms with Crippen molar-refractivity contribution in [3.8, 4) is 0 Å². The van der Waals surface area contributed by atoms with Crippen molar-refractivity contribution in [3.63, 3.8) is 0 Å². The van der Waals surface area contributed by atoms with Crippen LogP contribution in [-0.2, 0) is 18.9 Å². The molecule has 5 nitrogen and oxygen atoms in total. The standard InChI is InChI=1S/C11H24O5/c1-10(12)11(2)16-9-8-15-7-6-14-5-4-13-3/h10-12H,4-9H2,1-3H3/t10-,11?/m0/s1. The number of aliphatic hydroxyl groups excluding tert-OH is 1. The smallest absolute Gasteiger partial charge is 0.0804 e. The molecule has 0 rings (SSSR count). The second kappa shape index (κ2) is 11.3. The van der Waals surface area contributed by atoms with E-state index < -0.39 is 6.10 Å². The first kappa shape index (κ1) is 15.8. The maximum absolute atomic E-state index is 9.15. The van der Waals surface area contributed by atoms with Crippen molar-refractivity contribution in [2.45, 2.75) is 26.1 Å². The van der Waals surface area contributed by atoms with Gasteiger partial charge in [0.15, 0.2) is 0 Å². The van der Waals surface area contributed by atoms with Gasteiger partial charge in [-0.15, -0.1) is 0 Å². The lowest BCUT2D eigenvalue weighted by Crippen LogP contribution is -2.24. The Morgan fingerprint density at radius 3 is 1.88 bits per heavy atom. The molecule has 2 atom stereocenters. The summed E-state index contributed by atoms with van der Waals surface area (Å²) in [5.74, 6) is 0. The number of aliphatic hydroxyl groups is 1. The van der Waals surface area contributed by atoms with Gasteiger partial charge in [0.2, 0.25) is 0 Å². The molecule has 0 spiro atoms. The molecule has 0 fully saturated rings. The molecule has 0 aliphatic rings. The molecule has 0 saturated carbocycles. The molecular formula is C11H24O5. The Bertz CT molecular complexity index is 140. The Labute approximate surface area is 97.6 Å². The molecule has 16 heavy (non-hydrogen) atoms. The molecule has 1 N–H and O–H groups in total. The summed E-state index contributed by atoms with van der Waals surface area (Å²) in [6, 6.07) is 0. The summed E-state index contributed by atoms with van der Waals surface area (Å²) < 4.78 is 20.6. The monoisotopic (exact) mass is 236 g/mol. The van der Waals surface area contributed by atoms with E-state index in [-0.39, 0.29) is 6.10 Å². The molecular weight excluding hydrogens is 212 g/mol. The van der Waals surface area contributed by atoms with Gasteiger partial charge in [0.1, 0.15) is 0 Å². The van der Waals surface area contributed by atoms with Gasteiger partial charge in [-0.25, -0.2) is 0 Å². The second-order valence-corrected chi connectivity index (χ2v) is 3.53. The Morgan fingerprint density at radius 1 is 0.875 bits per heavy atom. The average Bonchev–Trinajstić information content (AvgIpc) is 2.26. The van der Waals surface area contributed by atoms with Gasteiger partial charge in [-0.1, -0.05) is 0 Å². The molecule has 0 amide bonds. The Kier molecular flexibility index (Phi) is 11.1. The fourth-order valence-electron chi connectivity index (χ4n) is 0.896. The quantitative estimate of drug-likeness (QED) is 0.528. The van der Waals surface area contributed by atoms with Crippen molar-refractivity contribution in [2.75, 3.05) is 46.8 Å². The van der Waals surface area contributed by atoms with Crippen LogP contribution < -0.4 is 0 Å². The summed E-state index contributed by atoms with van der Waals surface area (Å²) in [4.78, 5) is 0. The molecule has 0 aromatic heterocycles. The topological polar surface area (TPSA) is 57.2 Å². The summed E-state index contributed by atoms with van der Waals surface area (Å²) in [6.45, 7) is 6.86. The minimum atomic E-state index is -0.447. The largest absolute Gasteiger partial charge is 0.391 e. The van der Waals surface area contributed by atoms with Gasteiger partial charge in [-0.2, -0.15) is 0 Å². The molecule has 0 bridgehead atoms. The summed E-state index contributed by atoms with van der Waals surface area (Å²) in [6.07, 6.45) is -0.598. The molecule has 1 unspecified atom stereocenters. The van der Waals surface area contributed by atoms with E-state index >= 15 is 0 Å². The SMILES string of the molecule is COCCOCCOCCOC(C)[C@H](C)O. The van der Waals surface area contributed by atoms with Crippen molar-refractivity contribution in [1.82, 2.24) is 0 Å². The van der Waals surface area contributed by atoms with E-state index in [1.54, 1.807) is 14.0 Å². The van der Waals surface area contributed by atoms with Gasteiger partial charge in [-0.05, 0) is 13.8 Å². The number of rotatable bonds is 11. The first-order valence-corrected chi connectivity index (χ1v) is 5.62. The molecule has 0 aliphatic carbocycles. The van der Waals surface area contributed by atoms with Crippen LogP contribution in [0.4, 0.5) is 0 Å². The van der Waals surface area contributed by atoms with Crippen molar-refractivity contribution in [3.05, 3.63) is 0 Å². The fraction of sp³-hybridized carbons (Fsp3) is 1.00. The second-order valence-electron chi connectivity index (χ2n) is 3.53. The third kappa shape index (κ3) is 10.3. The average molecular weight is 236 g/mol. The van der Waals surface area contributed by atoms with E-state index in [1.165, 1.54) is 0 Å². The molecule has 5 heteroatoms. The highest BCUT2D eigenvalue weighted by Crippen LogP contribution is 1.96. The number of hydrogen-bond acceptors (Lipinski definition) is 5. The van der Waals surface area contributed by atoms with Crippen LogP contribution in [-0.4, -0.2) is 64.1 Å². The molecule has 0 aromatic rings. The van der Waals surface area contributed by atoms with Crippen LogP contribution in [0.2, 0.25) is 0 Å². The van der Waals surface area contributed by atoms with Crippen LogP contribution in [0.25, 0.3) is 0 Å². The number of ether oxygens (including phenoxy) is 4. The molecule has 98 valence electrons. The van der Waals surface area contributed by atoms with Crippen molar-refractivity contribution in [2.24, 2.45) is 0 Å². The zero-order valence-electron chi connectivity index (χ0n) is 10.5. The highest BCUT2D eigenvalue weighted by molar-refractivity contribution is 4.56. The van der Waals surface area contributed by atoms with Crippen LogP contribution in [0.15, 0.2) is 0 Å². The lowest BCUT2D eigenvalue weighted by Gasteiger charge is -2.15. The number of methoxy groups -OCH3 is 1. The first-order chi connectivity index (χ1) is 7.68. The Hall–Kier alpha value is -0.200. The van der Waals surface area contributed by atoms with E-state index in [1.807, 2.05) is 6.92 Å². The van der Waals surface area contributed by atoms with E-state index in [4.69, 9.17) is 24.1 Å². The van der Waals surface area contributed by atoms with E-state index in [0.29, 0.717) is 39.6 Å². The van der Waals surface area contributed by atoms with E-state index in [2.05, 4.69) is 0 Å². The normalized spacial score (nSPS) is 15.0. The van der Waals surface area contributed by atoms with Gasteiger partial charge < -0.3 is 24.1 Å². The summed E-state index contributed by atoms with van der Waals surface area (Å²) >= 11 is 0. The van der Waals surface area contributed by atoms with E-state index in [9.17, 15) is 0 Å². The molecule has 0 aromatic carbocycles. The van der Waals surface area contributed by atoms with Crippen LogP contribution in [0, 0.1) is 0 Å². The maximum atomic E-state index is 9.15. The Morgan fingerprint density at radius 2 is 1.38 bits per heavy atom. The summed E-state index contributed by atoms with van der Waals surface area (Å²) in [5, 5.41) is 9.15. The van der Waals surface area contributed by atoms with Gasteiger partial charge in [0.05, 0.1) is 51.8 Å². The van der Waals surface area contributed by atoms with Crippen LogP contribution in [0.3, 0.4) is 0 Å². The zero-order valence-corrected chi connectivity index (χ0v) is 10.5. The van der Waals surface area contributed by atoms with Crippen molar-refractivity contribution in [1.29, 1.82) is 0 Å². The summed E-state index contributed by atoms with van der Waals surface area (Å²) in [5.41, 5.74) is 0. The fourth-order valence-corrected chi connectivity index (χ4v) is 0.896. The lowest BCUT2D eigenvalue weighted by molar-refractivity contribution is -0.0475. The Balaban J connectivity index is 3.04. The molecule has 0 aliphatic heterocycles. The van der Waals surface area contributed by atoms with Gasteiger partial charge >= 0.3 is 0 Å². The van der Waals surface area contributed by atoms with Crippen LogP contribution in [0.1, 0.15) is 13.8 Å². The van der Waals surface area contributed by atoms with Gasteiger partial charge in [-0.3, -0.25) is 0 Å². The molecule has 0 saturated heterocycles. The van der Waals surface area contributed by atoms with Crippen molar-refractivity contribution < 1.29 is 24.1 Å². The van der Waals surface area contributed by atoms with Crippen LogP contribution >= 0.6 is 0 Å². The molecule has 0 heterocycles. The van der Waals surface area contributed by atoms with Crippen LogP contribution in [0.5, 0.6) is 0 Å². The first-order valence-electron chi connectivity index (χ1n) is 5.62. The lowest BCUT2D eigenvalue weighted by atomic mass is 10.3. The third-order valence-electron chi connectivity index (χ3n) is 2.09. The third-order valence-corrected chi connectivity index (χ3v) is 2.09. The predicted molar refractivity (Wildman–Crippen MR) is 60.6 cm³/mol. The highest BCUT2D eigenvalue weighted by Gasteiger charge is 2.07. The van der Waals surface area contributed by atoms with E-state index in [0.717, 1.165) is 0 Å². The van der Waals surface area contributed by atoms with Gasteiger partial charge in [0, 0.05) is 7.11 Å². The minimum Gasteiger partial charge on any atom is -0.391 e. The number of hydrogen-bond donors (Lipinski definition) is 1. The van der Waals surface area contributed by atoms with Crippen molar-refractivity contribution >= 4 is 0 Å². The maximum Gasteiger partial charge on any atom is 0.0804 e.